The molecule has 0 unspecified atom stereocenters. The van der Waals surface area contributed by atoms with Gasteiger partial charge in [-0.1, -0.05) is 12.2 Å². The van der Waals surface area contributed by atoms with E-state index in [2.05, 4.69) is 0 Å². The molecule has 1 aliphatic heterocycles. The lowest BCUT2D eigenvalue weighted by Gasteiger charge is -2.36. The molecule has 1 amide bonds. The summed E-state index contributed by atoms with van der Waals surface area (Å²) in [4.78, 5) is 15.5. The molecule has 0 aromatic carbocycles. The van der Waals surface area contributed by atoms with E-state index in [-0.39, 0.29) is 5.91 Å². The number of nitrogens with zero attached hydrogens (tertiary/aromatic N) is 2. The van der Waals surface area contributed by atoms with Crippen molar-refractivity contribution in [2.75, 3.05) is 13.1 Å². The zero-order valence-corrected chi connectivity index (χ0v) is 9.37. The second kappa shape index (κ2) is 4.11. The lowest BCUT2D eigenvalue weighted by atomic mass is 10.3. The predicted octanol–water partition coefficient (Wildman–Crippen LogP) is 1.17. The van der Waals surface area contributed by atoms with Crippen LogP contribution in [0.5, 0.6) is 0 Å². The Morgan fingerprint density at radius 3 is 2.23 bits per heavy atom. The van der Waals surface area contributed by atoms with Crippen molar-refractivity contribution in [3.05, 3.63) is 0 Å². The third kappa shape index (κ3) is 1.86. The molecule has 1 aliphatic rings. The van der Waals surface area contributed by atoms with Crippen molar-refractivity contribution in [2.24, 2.45) is 0 Å². The second-order valence-corrected chi connectivity index (χ2v) is 3.57. The third-order valence-corrected chi connectivity index (χ3v) is 2.80. The predicted molar refractivity (Wildman–Crippen MR) is 59.6 cm³/mol. The lowest BCUT2D eigenvalue weighted by Crippen LogP contribution is -2.53. The number of carbonyl (C=O) groups is 1. The van der Waals surface area contributed by atoms with Gasteiger partial charge in [0.25, 0.3) is 0 Å². The molecule has 13 heavy (non-hydrogen) atoms. The average molecular weight is 216 g/mol. The topological polar surface area (TPSA) is 23.6 Å². The summed E-state index contributed by atoms with van der Waals surface area (Å²) >= 11 is 10.2. The Kier molecular flexibility index (Phi) is 3.33. The van der Waals surface area contributed by atoms with Crippen molar-refractivity contribution in [2.45, 2.75) is 20.3 Å². The molecule has 1 heterocycles. The number of carbonyl (C=O) groups excluding carboxylic acids is 1. The molecule has 1 fully saturated rings. The quantitative estimate of drug-likeness (QED) is 0.647. The number of amides is 1. The monoisotopic (exact) mass is 216 g/mol. The molecule has 0 bridgehead atoms. The molecule has 1 rings (SSSR count). The largest absolute Gasteiger partial charge is 0.313 e. The SMILES string of the molecule is CCN1C(=O)CC(=S)N(CC)C1=S. The van der Waals surface area contributed by atoms with Gasteiger partial charge in [0.05, 0.1) is 11.4 Å². The third-order valence-electron chi connectivity index (χ3n) is 2.00. The van der Waals surface area contributed by atoms with E-state index in [9.17, 15) is 4.79 Å². The van der Waals surface area contributed by atoms with Crippen LogP contribution in [0.1, 0.15) is 20.3 Å². The van der Waals surface area contributed by atoms with Crippen molar-refractivity contribution < 1.29 is 4.79 Å². The van der Waals surface area contributed by atoms with Crippen LogP contribution < -0.4 is 0 Å². The fraction of sp³-hybridized carbons (Fsp3) is 0.625. The molecular weight excluding hydrogens is 204 g/mol. The Bertz CT molecular complexity index is 241. The summed E-state index contributed by atoms with van der Waals surface area (Å²) in [6, 6.07) is 0. The molecule has 0 radical (unpaired) electrons. The van der Waals surface area contributed by atoms with Crippen LogP contribution in [0.25, 0.3) is 0 Å². The van der Waals surface area contributed by atoms with E-state index >= 15 is 0 Å². The van der Waals surface area contributed by atoms with Crippen LogP contribution in [0.3, 0.4) is 0 Å². The van der Waals surface area contributed by atoms with Crippen molar-refractivity contribution in [3.63, 3.8) is 0 Å². The van der Waals surface area contributed by atoms with Gasteiger partial charge in [-0.3, -0.25) is 9.69 Å². The van der Waals surface area contributed by atoms with Gasteiger partial charge >= 0.3 is 0 Å². The van der Waals surface area contributed by atoms with Crippen molar-refractivity contribution in [3.8, 4) is 0 Å². The molecule has 0 N–H and O–H groups in total. The normalized spacial score (nSPS) is 18.5. The molecule has 3 nitrogen and oxygen atoms in total. The van der Waals surface area contributed by atoms with Gasteiger partial charge in [0.15, 0.2) is 5.11 Å². The van der Waals surface area contributed by atoms with Crippen LogP contribution >= 0.6 is 24.4 Å². The average Bonchev–Trinajstić information content (AvgIpc) is 2.04. The number of rotatable bonds is 2. The number of hydrogen-bond acceptors (Lipinski definition) is 3. The first-order chi connectivity index (χ1) is 6.11. The molecule has 0 saturated carbocycles. The summed E-state index contributed by atoms with van der Waals surface area (Å²) in [6.07, 6.45) is 0.317. The Morgan fingerprint density at radius 2 is 1.77 bits per heavy atom. The van der Waals surface area contributed by atoms with Gasteiger partial charge in [0.1, 0.15) is 0 Å². The molecule has 72 valence electrons. The van der Waals surface area contributed by atoms with Crippen LogP contribution in [0.15, 0.2) is 0 Å². The van der Waals surface area contributed by atoms with Gasteiger partial charge in [-0.15, -0.1) is 0 Å². The smallest absolute Gasteiger partial charge is 0.235 e. The minimum atomic E-state index is 0.0159. The van der Waals surface area contributed by atoms with E-state index < -0.39 is 0 Å². The highest BCUT2D eigenvalue weighted by molar-refractivity contribution is 7.82. The van der Waals surface area contributed by atoms with Crippen LogP contribution in [0.2, 0.25) is 0 Å². The summed E-state index contributed by atoms with van der Waals surface area (Å²) in [5.41, 5.74) is 0. The van der Waals surface area contributed by atoms with Gasteiger partial charge in [-0.25, -0.2) is 0 Å². The Balaban J connectivity index is 2.87. The van der Waals surface area contributed by atoms with Crippen LogP contribution in [-0.2, 0) is 4.79 Å². The minimum Gasteiger partial charge on any atom is -0.313 e. The maximum Gasteiger partial charge on any atom is 0.235 e. The number of hydrogen-bond donors (Lipinski definition) is 0. The van der Waals surface area contributed by atoms with Crippen LogP contribution in [-0.4, -0.2) is 38.9 Å². The van der Waals surface area contributed by atoms with Crippen LogP contribution in [0, 0.1) is 0 Å². The van der Waals surface area contributed by atoms with Gasteiger partial charge in [-0.05, 0) is 26.1 Å². The molecule has 0 aliphatic carbocycles. The molecule has 0 atom stereocenters. The highest BCUT2D eigenvalue weighted by atomic mass is 32.1. The fourth-order valence-corrected chi connectivity index (χ4v) is 2.17. The maximum atomic E-state index is 11.4. The first kappa shape index (κ1) is 10.5. The van der Waals surface area contributed by atoms with Gasteiger partial charge < -0.3 is 4.90 Å². The van der Waals surface area contributed by atoms with E-state index in [0.717, 1.165) is 6.54 Å². The first-order valence-electron chi connectivity index (χ1n) is 4.26. The summed E-state index contributed by atoms with van der Waals surface area (Å²) in [7, 11) is 0. The zero-order chi connectivity index (χ0) is 10.0. The van der Waals surface area contributed by atoms with Crippen molar-refractivity contribution >= 4 is 40.4 Å². The van der Waals surface area contributed by atoms with E-state index in [1.54, 1.807) is 4.90 Å². The standard InChI is InChI=1S/C8H12N2OS2/c1-3-9-6(11)5-7(12)10(4-2)8(9)13/h3-5H2,1-2H3. The zero-order valence-electron chi connectivity index (χ0n) is 7.74. The summed E-state index contributed by atoms with van der Waals surface area (Å²) in [5, 5.41) is 0.547. The molecular formula is C8H12N2OS2. The maximum absolute atomic E-state index is 11.4. The molecule has 0 spiro atoms. The fourth-order valence-electron chi connectivity index (χ4n) is 1.30. The van der Waals surface area contributed by atoms with E-state index in [4.69, 9.17) is 24.4 Å². The van der Waals surface area contributed by atoms with Crippen molar-refractivity contribution in [1.82, 2.24) is 9.80 Å². The number of thiocarbonyl (C=S) groups is 2. The summed E-state index contributed by atoms with van der Waals surface area (Å²) in [5.74, 6) is 0.0159. The van der Waals surface area contributed by atoms with Gasteiger partial charge in [0.2, 0.25) is 5.91 Å². The van der Waals surface area contributed by atoms with Gasteiger partial charge in [-0.2, -0.15) is 0 Å². The molecule has 0 aromatic rings. The second-order valence-electron chi connectivity index (χ2n) is 2.74. The molecule has 5 heteroatoms. The highest BCUT2D eigenvalue weighted by Gasteiger charge is 2.30. The molecule has 1 saturated heterocycles. The van der Waals surface area contributed by atoms with E-state index in [1.807, 2.05) is 18.7 Å². The van der Waals surface area contributed by atoms with E-state index in [1.165, 1.54) is 0 Å². The Morgan fingerprint density at radius 1 is 1.23 bits per heavy atom. The van der Waals surface area contributed by atoms with Crippen molar-refractivity contribution in [1.29, 1.82) is 0 Å². The van der Waals surface area contributed by atoms with E-state index in [0.29, 0.717) is 23.1 Å². The molecule has 0 aromatic heterocycles. The highest BCUT2D eigenvalue weighted by Crippen LogP contribution is 2.12. The lowest BCUT2D eigenvalue weighted by molar-refractivity contribution is -0.126. The van der Waals surface area contributed by atoms with Crippen LogP contribution in [0.4, 0.5) is 0 Å². The van der Waals surface area contributed by atoms with Gasteiger partial charge in [0, 0.05) is 13.1 Å². The summed E-state index contributed by atoms with van der Waals surface area (Å²) < 4.78 is 0. The Hall–Kier alpha value is -0.550. The first-order valence-corrected chi connectivity index (χ1v) is 5.08. The minimum absolute atomic E-state index is 0.0159. The Labute approximate surface area is 88.7 Å². The summed E-state index contributed by atoms with van der Waals surface area (Å²) in [6.45, 7) is 5.24.